The van der Waals surface area contributed by atoms with Crippen LogP contribution >= 0.6 is 23.2 Å². The number of alkyl halides is 2. The smallest absolute Gasteiger partial charge is 0.387 e. The lowest BCUT2D eigenvalue weighted by atomic mass is 10.0. The SMILES string of the molecule is COc1ccc(C(=O)OCC(=O)OC(Cc2c(Cl)c[n+]([O-])cc2Cl)c2ccc(OC(F)F)c(OCC3CC3)c2)cc1N(CCN1CCOCC1)S(C)(=O)=O. The molecule has 3 aromatic rings. The normalized spacial score (nSPS) is 15.4. The quantitative estimate of drug-likeness (QED) is 0.0983. The molecule has 14 nitrogen and oxygen atoms in total. The van der Waals surface area contributed by atoms with E-state index in [9.17, 15) is 32.0 Å². The zero-order valence-corrected chi connectivity index (χ0v) is 31.7. The van der Waals surface area contributed by atoms with E-state index in [2.05, 4.69) is 9.64 Å². The molecule has 0 N–H and O–H groups in total. The van der Waals surface area contributed by atoms with Gasteiger partial charge in [0.05, 0.1) is 44.4 Å². The van der Waals surface area contributed by atoms with Gasteiger partial charge in [0.2, 0.25) is 10.0 Å². The van der Waals surface area contributed by atoms with Gasteiger partial charge in [-0.05, 0) is 54.7 Å². The molecule has 1 aliphatic heterocycles. The first kappa shape index (κ1) is 41.0. The molecule has 19 heteroatoms. The molecule has 0 radical (unpaired) electrons. The Bertz CT molecular complexity index is 1890. The van der Waals surface area contributed by atoms with Crippen LogP contribution in [0.1, 0.15) is 40.4 Å². The zero-order valence-electron chi connectivity index (χ0n) is 29.4. The molecule has 0 spiro atoms. The van der Waals surface area contributed by atoms with Crippen LogP contribution in [0.5, 0.6) is 17.2 Å². The minimum Gasteiger partial charge on any atom is -0.619 e. The van der Waals surface area contributed by atoms with Crippen LogP contribution in [0.3, 0.4) is 0 Å². The number of anilines is 1. The molecule has 1 atom stereocenters. The molecule has 2 fully saturated rings. The number of esters is 2. The summed E-state index contributed by atoms with van der Waals surface area (Å²) in [4.78, 5) is 28.5. The maximum Gasteiger partial charge on any atom is 0.387 e. The molecule has 1 saturated carbocycles. The average molecular weight is 819 g/mol. The molecule has 2 aliphatic rings. The van der Waals surface area contributed by atoms with Gasteiger partial charge in [0.25, 0.3) is 0 Å². The van der Waals surface area contributed by atoms with Gasteiger partial charge in [0, 0.05) is 38.2 Å². The zero-order chi connectivity index (χ0) is 39.0. The minimum absolute atomic E-state index is 0.0155. The predicted octanol–water partition coefficient (Wildman–Crippen LogP) is 4.81. The van der Waals surface area contributed by atoms with Crippen molar-refractivity contribution >= 4 is 50.9 Å². The van der Waals surface area contributed by atoms with Crippen molar-refractivity contribution < 1.29 is 59.9 Å². The number of carbonyl (C=O) groups is 2. The fourth-order valence-electron chi connectivity index (χ4n) is 5.60. The summed E-state index contributed by atoms with van der Waals surface area (Å²) < 4.78 is 85.9. The molecule has 54 heavy (non-hydrogen) atoms. The van der Waals surface area contributed by atoms with Crippen molar-refractivity contribution in [1.29, 1.82) is 0 Å². The van der Waals surface area contributed by atoms with Crippen LogP contribution < -0.4 is 23.2 Å². The van der Waals surface area contributed by atoms with E-state index in [1.165, 1.54) is 43.5 Å². The average Bonchev–Trinajstić information content (AvgIpc) is 3.95. The van der Waals surface area contributed by atoms with Crippen molar-refractivity contribution in [2.45, 2.75) is 32.0 Å². The van der Waals surface area contributed by atoms with Gasteiger partial charge in [-0.25, -0.2) is 18.0 Å². The van der Waals surface area contributed by atoms with Gasteiger partial charge in [-0.3, -0.25) is 9.21 Å². The van der Waals surface area contributed by atoms with Crippen LogP contribution in [-0.2, 0) is 35.4 Å². The Balaban J connectivity index is 1.34. The molecule has 1 saturated heterocycles. The Morgan fingerprint density at radius 3 is 2.37 bits per heavy atom. The highest BCUT2D eigenvalue weighted by atomic mass is 35.5. The van der Waals surface area contributed by atoms with Crippen LogP contribution in [-0.4, -0.2) is 97.8 Å². The summed E-state index contributed by atoms with van der Waals surface area (Å²) in [5, 5.41) is 11.8. The summed E-state index contributed by atoms with van der Waals surface area (Å²) in [5.41, 5.74) is 0.533. The van der Waals surface area contributed by atoms with E-state index in [1.807, 2.05) is 0 Å². The highest BCUT2D eigenvalue weighted by Crippen LogP contribution is 2.38. The molecular weight excluding hydrogens is 779 g/mol. The lowest BCUT2D eigenvalue weighted by Crippen LogP contribution is -2.43. The molecule has 1 unspecified atom stereocenters. The lowest BCUT2D eigenvalue weighted by Gasteiger charge is -2.30. The van der Waals surface area contributed by atoms with Gasteiger partial charge in [-0.15, -0.1) is 0 Å². The van der Waals surface area contributed by atoms with Crippen molar-refractivity contribution in [1.82, 2.24) is 4.90 Å². The molecular formula is C35H39Cl2F2N3O11S. The Hall–Kier alpha value is -4.16. The van der Waals surface area contributed by atoms with Gasteiger partial charge in [-0.2, -0.15) is 13.5 Å². The summed E-state index contributed by atoms with van der Waals surface area (Å²) in [7, 11) is -2.47. The van der Waals surface area contributed by atoms with Gasteiger partial charge >= 0.3 is 18.6 Å². The van der Waals surface area contributed by atoms with E-state index < -0.39 is 41.3 Å². The maximum absolute atomic E-state index is 13.2. The number of hydrogen-bond acceptors (Lipinski definition) is 12. The third-order valence-electron chi connectivity index (χ3n) is 8.58. The number of ether oxygens (including phenoxy) is 6. The molecule has 0 amide bonds. The summed E-state index contributed by atoms with van der Waals surface area (Å²) >= 11 is 12.6. The van der Waals surface area contributed by atoms with E-state index in [4.69, 9.17) is 46.9 Å². The summed E-state index contributed by atoms with van der Waals surface area (Å²) in [6.07, 6.45) is 3.64. The predicted molar refractivity (Wildman–Crippen MR) is 192 cm³/mol. The number of pyridine rings is 1. The van der Waals surface area contributed by atoms with E-state index in [-0.39, 0.29) is 75.2 Å². The second kappa shape index (κ2) is 18.4. The highest BCUT2D eigenvalue weighted by Gasteiger charge is 2.28. The summed E-state index contributed by atoms with van der Waals surface area (Å²) in [6, 6.07) is 8.07. The van der Waals surface area contributed by atoms with Crippen molar-refractivity contribution in [3.8, 4) is 17.2 Å². The Morgan fingerprint density at radius 1 is 1.06 bits per heavy atom. The fourth-order valence-corrected chi connectivity index (χ4v) is 7.11. The Kier molecular flexibility index (Phi) is 14.0. The number of nitrogens with zero attached hydrogens (tertiary/aromatic N) is 3. The van der Waals surface area contributed by atoms with Crippen LogP contribution in [0.25, 0.3) is 0 Å². The molecule has 2 heterocycles. The van der Waals surface area contributed by atoms with Crippen molar-refractivity contribution in [3.63, 3.8) is 0 Å². The third-order valence-corrected chi connectivity index (χ3v) is 10.4. The molecule has 5 rings (SSSR count). The number of sulfonamides is 1. The second-order valence-electron chi connectivity index (χ2n) is 12.6. The summed E-state index contributed by atoms with van der Waals surface area (Å²) in [5.74, 6) is -1.77. The van der Waals surface area contributed by atoms with Gasteiger partial charge in [0.1, 0.15) is 21.9 Å². The maximum atomic E-state index is 13.2. The molecule has 2 aromatic carbocycles. The number of aromatic nitrogens is 1. The number of carbonyl (C=O) groups excluding carboxylic acids is 2. The van der Waals surface area contributed by atoms with Gasteiger partial charge < -0.3 is 33.6 Å². The van der Waals surface area contributed by atoms with Gasteiger partial charge in [0.15, 0.2) is 30.5 Å². The lowest BCUT2D eigenvalue weighted by molar-refractivity contribution is -0.605. The number of methoxy groups -OCH3 is 1. The standard InChI is InChI=1S/C35H39Cl2F2N3O11S/c1-48-29-7-6-24(15-28(29)42(54(2,46)47)10-9-40-11-13-49-14-12-40)34(44)51-21-33(43)52-31(17-25-26(36)18-41(45)19-27(25)37)23-5-8-30(53-35(38)39)32(16-23)50-20-22-3-4-22/h5-8,15-16,18-19,22,31,35H,3-4,9-14,17,20-21H2,1-2H3. The molecule has 1 aromatic heterocycles. The van der Waals surface area contributed by atoms with Crippen molar-refractivity contribution in [2.24, 2.45) is 5.92 Å². The van der Waals surface area contributed by atoms with Crippen molar-refractivity contribution in [2.75, 3.05) is 70.3 Å². The third kappa shape index (κ3) is 11.4. The largest absolute Gasteiger partial charge is 0.619 e. The van der Waals surface area contributed by atoms with E-state index in [0.29, 0.717) is 37.6 Å². The highest BCUT2D eigenvalue weighted by molar-refractivity contribution is 7.92. The second-order valence-corrected chi connectivity index (χ2v) is 15.3. The number of benzene rings is 2. The first-order chi connectivity index (χ1) is 25.7. The molecule has 0 bridgehead atoms. The topological polar surface area (TPSA) is 157 Å². The van der Waals surface area contributed by atoms with Crippen molar-refractivity contribution in [3.05, 3.63) is 80.7 Å². The minimum atomic E-state index is -3.83. The monoisotopic (exact) mass is 817 g/mol. The number of halogens is 4. The van der Waals surface area contributed by atoms with Crippen LogP contribution in [0.4, 0.5) is 14.5 Å². The van der Waals surface area contributed by atoms with E-state index >= 15 is 0 Å². The van der Waals surface area contributed by atoms with Gasteiger partial charge in [-0.1, -0.05) is 29.3 Å². The first-order valence-corrected chi connectivity index (χ1v) is 19.4. The number of rotatable bonds is 18. The van der Waals surface area contributed by atoms with Crippen LogP contribution in [0.2, 0.25) is 10.0 Å². The Labute approximate surface area is 321 Å². The molecule has 294 valence electrons. The summed E-state index contributed by atoms with van der Waals surface area (Å²) in [6.45, 7) is -0.962. The van der Waals surface area contributed by atoms with E-state index in [1.54, 1.807) is 0 Å². The van der Waals surface area contributed by atoms with Crippen LogP contribution in [0.15, 0.2) is 48.8 Å². The molecule has 1 aliphatic carbocycles. The first-order valence-electron chi connectivity index (χ1n) is 16.8. The Morgan fingerprint density at radius 2 is 1.74 bits per heavy atom. The van der Waals surface area contributed by atoms with Crippen LogP contribution in [0, 0.1) is 11.1 Å². The number of hydrogen-bond donors (Lipinski definition) is 0. The fraction of sp³-hybridized carbons (Fsp3) is 0.457. The van der Waals surface area contributed by atoms with E-state index in [0.717, 1.165) is 35.8 Å². The number of morpholine rings is 1.